The number of nitrogen functional groups attached to an aromatic ring is 1. The molecule has 0 aliphatic carbocycles. The minimum Gasteiger partial charge on any atom is -0.397 e. The van der Waals surface area contributed by atoms with Crippen molar-refractivity contribution in [1.82, 2.24) is 10.3 Å². The van der Waals surface area contributed by atoms with Crippen LogP contribution in [0.25, 0.3) is 10.2 Å². The monoisotopic (exact) mass is 513 g/mol. The largest absolute Gasteiger partial charge is 0.397 e. The maximum absolute atomic E-state index is 11.8. The molecular formula is C25H33N6O4S+. The Balaban J connectivity index is 1.38. The van der Waals surface area contributed by atoms with Gasteiger partial charge in [-0.25, -0.2) is 9.82 Å². The maximum atomic E-state index is 11.8. The van der Waals surface area contributed by atoms with Gasteiger partial charge >= 0.3 is 5.69 Å². The molecule has 192 valence electrons. The number of thiophene rings is 1. The van der Waals surface area contributed by atoms with Gasteiger partial charge in [0.2, 0.25) is 0 Å². The number of hydrogen-bond acceptors (Lipinski definition) is 9. The van der Waals surface area contributed by atoms with Crippen molar-refractivity contribution < 1.29 is 19.7 Å². The van der Waals surface area contributed by atoms with Gasteiger partial charge in [0.15, 0.2) is 7.11 Å². The van der Waals surface area contributed by atoms with E-state index in [4.69, 9.17) is 16.5 Å². The van der Waals surface area contributed by atoms with E-state index in [-0.39, 0.29) is 6.04 Å². The Hall–Kier alpha value is -3.28. The van der Waals surface area contributed by atoms with Crippen LogP contribution < -0.4 is 21.7 Å². The Morgan fingerprint density at radius 1 is 1.33 bits per heavy atom. The zero-order valence-corrected chi connectivity index (χ0v) is 21.4. The quantitative estimate of drug-likeness (QED) is 0.302. The number of carbonyl (C=O) groups is 1. The molecule has 0 saturated carbocycles. The second kappa shape index (κ2) is 11.2. The number of benzene rings is 1. The molecule has 0 spiro atoms. The Labute approximate surface area is 213 Å². The summed E-state index contributed by atoms with van der Waals surface area (Å²) in [5.74, 6) is 0.372. The highest BCUT2D eigenvalue weighted by molar-refractivity contribution is 7.21. The number of aliphatic hydroxyl groups excluding tert-OH is 1. The number of carbonyl (C=O) groups excluding carboxylic acids is 1. The number of primary amides is 1. The number of pyridine rings is 1. The molecule has 1 amide bonds. The number of nitrogens with one attached hydrogen (secondary N) is 1. The second-order valence-electron chi connectivity index (χ2n) is 9.00. The van der Waals surface area contributed by atoms with Crippen molar-refractivity contribution in [2.75, 3.05) is 37.4 Å². The molecular weight excluding hydrogens is 480 g/mol. The predicted molar refractivity (Wildman–Crippen MR) is 141 cm³/mol. The van der Waals surface area contributed by atoms with Gasteiger partial charge in [-0.1, -0.05) is 13.3 Å². The summed E-state index contributed by atoms with van der Waals surface area (Å²) in [6.07, 6.45) is 2.95. The standard InChI is InChI=1S/C25H32N6O4S/c1-3-4-16-13-20(29-25-21(16)22(26)23(36-25)24(27)33)30-11-9-17(10-12-30)28-14-19(32)15-5-7-18(8-6-15)31(34)35-2/h5-8,13,17,19,28,32H,3-4,9-12,14H2,1-2H3,(H3-,26,27,33)/p+1. The summed E-state index contributed by atoms with van der Waals surface area (Å²) in [5, 5.41) is 14.9. The molecule has 10 nitrogen and oxygen atoms in total. The molecule has 0 radical (unpaired) electrons. The fraction of sp³-hybridized carbons (Fsp3) is 0.440. The van der Waals surface area contributed by atoms with Crippen LogP contribution in [0.15, 0.2) is 30.3 Å². The summed E-state index contributed by atoms with van der Waals surface area (Å²) < 4.78 is 0. The van der Waals surface area contributed by atoms with Crippen molar-refractivity contribution in [2.45, 2.75) is 44.8 Å². The molecule has 3 heterocycles. The van der Waals surface area contributed by atoms with Crippen LogP contribution in [0.2, 0.25) is 0 Å². The molecule has 6 N–H and O–H groups in total. The van der Waals surface area contributed by atoms with E-state index in [2.05, 4.69) is 28.0 Å². The number of nitrogens with zero attached hydrogens (tertiary/aromatic N) is 3. The summed E-state index contributed by atoms with van der Waals surface area (Å²) in [7, 11) is 1.31. The summed E-state index contributed by atoms with van der Waals surface area (Å²) in [6.45, 7) is 4.19. The molecule has 36 heavy (non-hydrogen) atoms. The molecule has 1 unspecified atom stereocenters. The van der Waals surface area contributed by atoms with Crippen molar-refractivity contribution in [2.24, 2.45) is 5.73 Å². The normalized spacial score (nSPS) is 15.2. The smallest absolute Gasteiger partial charge is 0.316 e. The lowest BCUT2D eigenvalue weighted by atomic mass is 10.0. The minimum atomic E-state index is -0.677. The number of amides is 1. The first kappa shape index (κ1) is 25.8. The van der Waals surface area contributed by atoms with E-state index < -0.39 is 12.0 Å². The zero-order chi connectivity index (χ0) is 25.8. The van der Waals surface area contributed by atoms with Crippen molar-refractivity contribution in [3.8, 4) is 0 Å². The lowest BCUT2D eigenvalue weighted by Gasteiger charge is -2.34. The van der Waals surface area contributed by atoms with Gasteiger partial charge in [-0.15, -0.1) is 11.3 Å². The molecule has 2 aromatic heterocycles. The Morgan fingerprint density at radius 2 is 2.03 bits per heavy atom. The average molecular weight is 514 g/mol. The highest BCUT2D eigenvalue weighted by Gasteiger charge is 2.24. The third kappa shape index (κ3) is 5.43. The molecule has 1 aromatic carbocycles. The van der Waals surface area contributed by atoms with E-state index in [1.165, 1.54) is 18.4 Å². The van der Waals surface area contributed by atoms with Crippen molar-refractivity contribution in [3.63, 3.8) is 0 Å². The number of aromatic nitrogens is 1. The van der Waals surface area contributed by atoms with Crippen molar-refractivity contribution >= 4 is 44.7 Å². The fourth-order valence-electron chi connectivity index (χ4n) is 4.63. The lowest BCUT2D eigenvalue weighted by molar-refractivity contribution is -0.736. The first-order chi connectivity index (χ1) is 17.3. The molecule has 3 aromatic rings. The number of anilines is 2. The Bertz CT molecular complexity index is 1240. The van der Waals surface area contributed by atoms with Crippen LogP contribution in [0.4, 0.5) is 17.2 Å². The van der Waals surface area contributed by atoms with Gasteiger partial charge < -0.3 is 26.8 Å². The third-order valence-corrected chi connectivity index (χ3v) is 7.70. The van der Waals surface area contributed by atoms with E-state index in [1.54, 1.807) is 24.3 Å². The number of nitrogens with two attached hydrogens (primary N) is 2. The summed E-state index contributed by atoms with van der Waals surface area (Å²) in [4.78, 5) is 36.6. The van der Waals surface area contributed by atoms with E-state index in [0.717, 1.165) is 65.9 Å². The van der Waals surface area contributed by atoms with Gasteiger partial charge in [0.25, 0.3) is 10.8 Å². The fourth-order valence-corrected chi connectivity index (χ4v) is 5.62. The van der Waals surface area contributed by atoms with E-state index >= 15 is 0 Å². The minimum absolute atomic E-state index is 0.276. The molecule has 1 saturated heterocycles. The summed E-state index contributed by atoms with van der Waals surface area (Å²) in [6, 6.07) is 9.07. The number of hydrogen-bond donors (Lipinski definition) is 4. The number of aliphatic hydroxyl groups is 1. The Morgan fingerprint density at radius 3 is 2.64 bits per heavy atom. The number of fused-ring (bicyclic) bond motifs is 1. The van der Waals surface area contributed by atoms with E-state index in [9.17, 15) is 14.8 Å². The first-order valence-corrected chi connectivity index (χ1v) is 12.9. The van der Waals surface area contributed by atoms with E-state index in [1.807, 2.05) is 0 Å². The van der Waals surface area contributed by atoms with Gasteiger partial charge in [-0.3, -0.25) is 4.79 Å². The van der Waals surface area contributed by atoms with Crippen LogP contribution in [0.5, 0.6) is 0 Å². The lowest BCUT2D eigenvalue weighted by Crippen LogP contribution is -2.44. The molecule has 1 aliphatic heterocycles. The van der Waals surface area contributed by atoms with Crippen molar-refractivity contribution in [3.05, 3.63) is 51.2 Å². The van der Waals surface area contributed by atoms with E-state index in [0.29, 0.717) is 27.7 Å². The number of aryl methyl sites for hydroxylation is 1. The summed E-state index contributed by atoms with van der Waals surface area (Å²) in [5.41, 5.74) is 14.4. The van der Waals surface area contributed by atoms with Gasteiger partial charge in [0.05, 0.1) is 16.7 Å². The van der Waals surface area contributed by atoms with Gasteiger partial charge in [0, 0.05) is 43.2 Å². The second-order valence-corrected chi connectivity index (χ2v) is 9.99. The van der Waals surface area contributed by atoms with Gasteiger partial charge in [-0.2, -0.15) is 0 Å². The molecule has 1 fully saturated rings. The van der Waals surface area contributed by atoms with Crippen LogP contribution in [-0.4, -0.2) is 53.7 Å². The van der Waals surface area contributed by atoms with Gasteiger partial charge in [-0.05, 0) is 48.6 Å². The molecule has 1 aliphatic rings. The Kier molecular flexibility index (Phi) is 8.02. The molecule has 0 bridgehead atoms. The molecule has 4 rings (SSSR count). The first-order valence-electron chi connectivity index (χ1n) is 12.1. The molecule has 11 heteroatoms. The predicted octanol–water partition coefficient (Wildman–Crippen LogP) is 3.19. The highest BCUT2D eigenvalue weighted by atomic mass is 32.1. The van der Waals surface area contributed by atoms with Crippen LogP contribution >= 0.6 is 11.3 Å². The van der Waals surface area contributed by atoms with Crippen LogP contribution in [0.1, 0.15) is 53.1 Å². The number of rotatable bonds is 10. The third-order valence-electron chi connectivity index (χ3n) is 6.58. The van der Waals surface area contributed by atoms with Crippen LogP contribution in [-0.2, 0) is 11.3 Å². The SMILES string of the molecule is CCCc1cc(N2CCC(NCC(O)c3ccc([N+](=O)OC)cc3)CC2)nc2sc(C(N)=O)c(N)c12. The van der Waals surface area contributed by atoms with Crippen molar-refractivity contribution in [1.29, 1.82) is 0 Å². The van der Waals surface area contributed by atoms with Gasteiger partial charge in [0.1, 0.15) is 15.5 Å². The zero-order valence-electron chi connectivity index (χ0n) is 20.6. The molecule has 1 atom stereocenters. The average Bonchev–Trinajstić information content (AvgIpc) is 3.24. The topological polar surface area (TPSA) is 147 Å². The highest BCUT2D eigenvalue weighted by Crippen LogP contribution is 2.37. The number of piperidine rings is 1. The maximum Gasteiger partial charge on any atom is 0.316 e. The van der Waals surface area contributed by atoms with Crippen LogP contribution in [0.3, 0.4) is 0 Å². The summed E-state index contributed by atoms with van der Waals surface area (Å²) >= 11 is 1.26. The van der Waals surface area contributed by atoms with Crippen LogP contribution in [0, 0.1) is 4.91 Å².